The van der Waals surface area contributed by atoms with E-state index < -0.39 is 23.6 Å². The summed E-state index contributed by atoms with van der Waals surface area (Å²) in [6, 6.07) is 3.45. The maximum atomic E-state index is 13.9. The van der Waals surface area contributed by atoms with E-state index in [0.717, 1.165) is 30.5 Å². The summed E-state index contributed by atoms with van der Waals surface area (Å²) in [6.45, 7) is 3.26. The molecular formula is C26H26F3N7O2S. The van der Waals surface area contributed by atoms with Crippen LogP contribution in [0.3, 0.4) is 0 Å². The third-order valence-corrected chi connectivity index (χ3v) is 7.39. The van der Waals surface area contributed by atoms with Crippen LogP contribution in [0.25, 0.3) is 5.65 Å². The van der Waals surface area contributed by atoms with Crippen molar-refractivity contribution in [3.63, 3.8) is 0 Å². The maximum absolute atomic E-state index is 13.9. The Morgan fingerprint density at radius 2 is 1.97 bits per heavy atom. The summed E-state index contributed by atoms with van der Waals surface area (Å²) in [7, 11) is 3.51. The zero-order chi connectivity index (χ0) is 27.6. The van der Waals surface area contributed by atoms with E-state index >= 15 is 0 Å². The van der Waals surface area contributed by atoms with Crippen LogP contribution in [0.1, 0.15) is 17.0 Å². The number of anilines is 1. The fraction of sp³-hybridized carbons (Fsp3) is 0.385. The van der Waals surface area contributed by atoms with Crippen LogP contribution < -0.4 is 10.1 Å². The van der Waals surface area contributed by atoms with Gasteiger partial charge >= 0.3 is 6.18 Å². The molecule has 0 spiro atoms. The van der Waals surface area contributed by atoms with Gasteiger partial charge in [0.2, 0.25) is 11.8 Å². The lowest BCUT2D eigenvalue weighted by Gasteiger charge is -2.34. The zero-order valence-corrected chi connectivity index (χ0v) is 22.1. The molecule has 9 nitrogen and oxygen atoms in total. The Morgan fingerprint density at radius 3 is 2.72 bits per heavy atom. The van der Waals surface area contributed by atoms with Crippen molar-refractivity contribution in [2.24, 2.45) is 5.92 Å². The van der Waals surface area contributed by atoms with Gasteiger partial charge in [-0.1, -0.05) is 23.5 Å². The highest BCUT2D eigenvalue weighted by Gasteiger charge is 2.39. The number of rotatable bonds is 5. The number of piperazine rings is 1. The highest BCUT2D eigenvalue weighted by atomic mass is 32.1. The number of fused-ring (bicyclic) bond motifs is 1. The third kappa shape index (κ3) is 6.30. The molecule has 13 heteroatoms. The lowest BCUT2D eigenvalue weighted by molar-refractivity contribution is -0.118. The quantitative estimate of drug-likeness (QED) is 0.482. The van der Waals surface area contributed by atoms with Crippen molar-refractivity contribution in [1.82, 2.24) is 29.4 Å². The Labute approximate surface area is 227 Å². The van der Waals surface area contributed by atoms with E-state index in [9.17, 15) is 18.0 Å². The van der Waals surface area contributed by atoms with Crippen LogP contribution in [-0.2, 0) is 4.79 Å². The van der Waals surface area contributed by atoms with Gasteiger partial charge in [-0.25, -0.2) is 14.5 Å². The first kappa shape index (κ1) is 26.9. The van der Waals surface area contributed by atoms with Crippen LogP contribution in [-0.4, -0.2) is 88.3 Å². The van der Waals surface area contributed by atoms with Crippen LogP contribution in [0.15, 0.2) is 47.8 Å². The molecule has 1 saturated heterocycles. The van der Waals surface area contributed by atoms with Gasteiger partial charge in [0, 0.05) is 38.8 Å². The normalized spacial score (nSPS) is 18.7. The van der Waals surface area contributed by atoms with Gasteiger partial charge in [-0.15, -0.1) is 5.10 Å². The molecule has 1 amide bonds. The van der Waals surface area contributed by atoms with Crippen LogP contribution in [0.5, 0.6) is 5.88 Å². The Kier molecular flexibility index (Phi) is 7.69. The molecule has 0 aromatic carbocycles. The molecule has 1 unspecified atom stereocenters. The van der Waals surface area contributed by atoms with E-state index in [-0.39, 0.29) is 23.7 Å². The van der Waals surface area contributed by atoms with Gasteiger partial charge in [-0.05, 0) is 36.9 Å². The molecule has 0 radical (unpaired) electrons. The van der Waals surface area contributed by atoms with Crippen LogP contribution in [0.2, 0.25) is 0 Å². The molecule has 0 bridgehead atoms. The number of carbonyl (C=O) groups excluding carboxylic acids is 1. The Hall–Kier alpha value is -3.73. The van der Waals surface area contributed by atoms with Gasteiger partial charge in [0.25, 0.3) is 0 Å². The van der Waals surface area contributed by atoms with E-state index in [4.69, 9.17) is 4.74 Å². The Bertz CT molecular complexity index is 1490. The molecular weight excluding hydrogens is 531 g/mol. The highest BCUT2D eigenvalue weighted by Crippen LogP contribution is 2.37. The number of nitrogens with one attached hydrogen (secondary N) is 1. The molecule has 1 aliphatic heterocycles. The molecule has 2 aliphatic rings. The molecule has 1 atom stereocenters. The summed E-state index contributed by atoms with van der Waals surface area (Å²) in [5, 5.41) is 7.19. The number of ether oxygens (including phenoxy) is 1. The predicted octanol–water partition coefficient (Wildman–Crippen LogP) is 3.22. The minimum atomic E-state index is -4.54. The average molecular weight is 558 g/mol. The molecule has 1 fully saturated rings. The molecule has 4 heterocycles. The number of carbonyl (C=O) groups is 1. The minimum Gasteiger partial charge on any atom is -0.480 e. The first-order valence-corrected chi connectivity index (χ1v) is 13.1. The van der Waals surface area contributed by atoms with Crippen LogP contribution in [0.4, 0.5) is 18.3 Å². The van der Waals surface area contributed by atoms with E-state index in [1.807, 2.05) is 11.9 Å². The van der Waals surface area contributed by atoms with Gasteiger partial charge < -0.3 is 15.0 Å². The number of aromatic nitrogens is 4. The largest absolute Gasteiger partial charge is 0.480 e. The summed E-state index contributed by atoms with van der Waals surface area (Å²) < 4.78 is 48.4. The standard InChI is InChI=1S/C26H26F3N7O2S/c1-34-9-11-35(12-10-34)16-18-4-3-17(13-21(18)26(27,28)29)24(37)32-25-31-15-20(39-25)6-5-19-14-30-22-7-8-23(38-2)33-36(19)22/h4,7-8,13-15,17H,3,9-12,16H2,1-2H3,(H,31,32,37). The van der Waals surface area contributed by atoms with Crippen molar-refractivity contribution in [3.05, 3.63) is 58.4 Å². The number of alkyl halides is 3. The van der Waals surface area contributed by atoms with Gasteiger partial charge in [0.1, 0.15) is 5.69 Å². The average Bonchev–Trinajstić information content (AvgIpc) is 3.54. The second-order valence-electron chi connectivity index (χ2n) is 9.29. The van der Waals surface area contributed by atoms with Crippen molar-refractivity contribution in [2.75, 3.05) is 52.2 Å². The summed E-state index contributed by atoms with van der Waals surface area (Å²) in [5.41, 5.74) is 0.630. The predicted molar refractivity (Wildman–Crippen MR) is 141 cm³/mol. The molecule has 39 heavy (non-hydrogen) atoms. The summed E-state index contributed by atoms with van der Waals surface area (Å²) in [4.78, 5) is 26.0. The highest BCUT2D eigenvalue weighted by molar-refractivity contribution is 7.16. The van der Waals surface area contributed by atoms with Gasteiger partial charge in [0.05, 0.1) is 35.9 Å². The first-order chi connectivity index (χ1) is 18.7. The number of thiazole rings is 1. The van der Waals surface area contributed by atoms with Crippen molar-refractivity contribution < 1.29 is 22.7 Å². The molecule has 5 rings (SSSR count). The number of methoxy groups -OCH3 is 1. The number of nitrogens with zero attached hydrogens (tertiary/aromatic N) is 6. The third-order valence-electron chi connectivity index (χ3n) is 6.56. The number of halogens is 3. The molecule has 1 N–H and O–H groups in total. The number of hydrogen-bond acceptors (Lipinski definition) is 8. The number of hydrogen-bond donors (Lipinski definition) is 1. The molecule has 3 aromatic heterocycles. The molecule has 0 saturated carbocycles. The van der Waals surface area contributed by atoms with E-state index in [1.165, 1.54) is 13.3 Å². The summed E-state index contributed by atoms with van der Waals surface area (Å²) in [6.07, 6.45) is 1.31. The molecule has 204 valence electrons. The van der Waals surface area contributed by atoms with Crippen LogP contribution in [0, 0.1) is 17.8 Å². The fourth-order valence-electron chi connectivity index (χ4n) is 4.38. The number of likely N-dealkylation sites (N-methyl/N-ethyl adjacent to an activating group) is 1. The van der Waals surface area contributed by atoms with Crippen molar-refractivity contribution in [2.45, 2.75) is 12.6 Å². The van der Waals surface area contributed by atoms with Gasteiger partial charge in [-0.2, -0.15) is 13.2 Å². The molecule has 1 aliphatic carbocycles. The summed E-state index contributed by atoms with van der Waals surface area (Å²) in [5.74, 6) is 4.85. The van der Waals surface area contributed by atoms with Crippen molar-refractivity contribution in [3.8, 4) is 17.7 Å². The second-order valence-corrected chi connectivity index (χ2v) is 10.3. The second kappa shape index (κ2) is 11.2. The fourth-order valence-corrected chi connectivity index (χ4v) is 5.05. The minimum absolute atomic E-state index is 0.192. The topological polar surface area (TPSA) is 87.9 Å². The number of allylic oxidation sites excluding steroid dienone is 1. The van der Waals surface area contributed by atoms with Gasteiger partial charge in [-0.3, -0.25) is 9.69 Å². The lowest BCUT2D eigenvalue weighted by Crippen LogP contribution is -2.45. The van der Waals surface area contributed by atoms with Crippen LogP contribution >= 0.6 is 11.3 Å². The van der Waals surface area contributed by atoms with Gasteiger partial charge in [0.15, 0.2) is 10.8 Å². The SMILES string of the molecule is COc1ccc2ncc(C#Cc3cnc(NC(=O)C4C=C(C(F)(F)F)C(CN5CCN(C)CC5)=CC4)s3)n2n1. The monoisotopic (exact) mass is 557 g/mol. The summed E-state index contributed by atoms with van der Waals surface area (Å²) >= 11 is 1.13. The smallest absolute Gasteiger partial charge is 0.416 e. The number of imidazole rings is 1. The lowest BCUT2D eigenvalue weighted by atomic mass is 9.89. The Balaban J connectivity index is 1.25. The number of amides is 1. The van der Waals surface area contributed by atoms with E-state index in [2.05, 4.69) is 37.1 Å². The first-order valence-electron chi connectivity index (χ1n) is 12.3. The van der Waals surface area contributed by atoms with E-state index in [1.54, 1.807) is 28.9 Å². The zero-order valence-electron chi connectivity index (χ0n) is 21.3. The van der Waals surface area contributed by atoms with Crippen molar-refractivity contribution >= 4 is 28.0 Å². The maximum Gasteiger partial charge on any atom is 0.416 e. The van der Waals surface area contributed by atoms with E-state index in [0.29, 0.717) is 35.2 Å². The Morgan fingerprint density at radius 1 is 1.18 bits per heavy atom. The van der Waals surface area contributed by atoms with Crippen molar-refractivity contribution in [1.29, 1.82) is 0 Å². The molecule has 3 aromatic rings.